The number of halogens is 2. The van der Waals surface area contributed by atoms with E-state index in [9.17, 15) is 4.79 Å². The maximum Gasteiger partial charge on any atom is 0.337 e. The van der Waals surface area contributed by atoms with Crippen molar-refractivity contribution in [3.8, 4) is 0 Å². The van der Waals surface area contributed by atoms with Gasteiger partial charge in [0.15, 0.2) is 4.73 Å². The fourth-order valence-corrected chi connectivity index (χ4v) is 2.34. The first-order valence-electron chi connectivity index (χ1n) is 3.66. The number of rotatable bonds is 1. The number of hydrogen-bond acceptors (Lipinski definition) is 2. The van der Waals surface area contributed by atoms with Crippen LogP contribution in [0.4, 0.5) is 0 Å². The van der Waals surface area contributed by atoms with Gasteiger partial charge >= 0.3 is 5.97 Å². The van der Waals surface area contributed by atoms with Gasteiger partial charge in [-0.25, -0.2) is 9.78 Å². The Morgan fingerprint density at radius 3 is 2.79 bits per heavy atom. The normalized spacial score (nSPS) is 10.7. The number of carboxylic acid groups (broad SMARTS) is 1. The molecule has 0 amide bonds. The minimum Gasteiger partial charge on any atom is -0.478 e. The van der Waals surface area contributed by atoms with Crippen molar-refractivity contribution in [2.45, 2.75) is 0 Å². The molecule has 6 heteroatoms. The maximum atomic E-state index is 10.7. The average molecular weight is 320 g/mol. The molecule has 72 valence electrons. The second-order valence-electron chi connectivity index (χ2n) is 2.65. The highest BCUT2D eigenvalue weighted by Gasteiger charge is 2.09. The van der Waals surface area contributed by atoms with Crippen molar-refractivity contribution in [1.82, 2.24) is 9.38 Å². The van der Waals surface area contributed by atoms with Gasteiger partial charge < -0.3 is 5.11 Å². The Morgan fingerprint density at radius 1 is 1.43 bits per heavy atom. The number of hydrogen-bond donors (Lipinski definition) is 1. The number of pyridine rings is 1. The molecule has 4 nitrogen and oxygen atoms in total. The van der Waals surface area contributed by atoms with Crippen LogP contribution in [0.5, 0.6) is 0 Å². The van der Waals surface area contributed by atoms with Crippen molar-refractivity contribution in [1.29, 1.82) is 0 Å². The fraction of sp³-hybridized carbons (Fsp3) is 0. The molecule has 0 aliphatic rings. The summed E-state index contributed by atoms with van der Waals surface area (Å²) in [6, 6.07) is 3.24. The first-order valence-corrected chi connectivity index (χ1v) is 5.24. The molecule has 0 aliphatic carbocycles. The summed E-state index contributed by atoms with van der Waals surface area (Å²) in [6.07, 6.45) is 1.51. The Labute approximate surface area is 95.8 Å². The summed E-state index contributed by atoms with van der Waals surface area (Å²) >= 11 is 6.50. The fourth-order valence-electron chi connectivity index (χ4n) is 1.14. The van der Waals surface area contributed by atoms with Crippen molar-refractivity contribution in [3.63, 3.8) is 0 Å². The number of carboxylic acids is 1. The summed E-state index contributed by atoms with van der Waals surface area (Å²) in [5.41, 5.74) is 1.05. The van der Waals surface area contributed by atoms with E-state index in [0.717, 1.165) is 5.52 Å². The molecule has 0 aliphatic heterocycles. The second-order valence-corrected chi connectivity index (χ2v) is 4.11. The molecule has 0 atom stereocenters. The quantitative estimate of drug-likeness (QED) is 0.879. The number of aromatic nitrogens is 2. The zero-order chi connectivity index (χ0) is 10.3. The second kappa shape index (κ2) is 3.36. The van der Waals surface area contributed by atoms with E-state index in [2.05, 4.69) is 36.8 Å². The molecule has 1 N–H and O–H groups in total. The maximum absolute atomic E-state index is 10.7. The van der Waals surface area contributed by atoms with E-state index in [1.807, 2.05) is 0 Å². The highest BCUT2D eigenvalue weighted by molar-refractivity contribution is 9.11. The Bertz CT molecular complexity index is 521. The summed E-state index contributed by atoms with van der Waals surface area (Å²) in [7, 11) is 0. The smallest absolute Gasteiger partial charge is 0.337 e. The third-order valence-electron chi connectivity index (χ3n) is 1.80. The van der Waals surface area contributed by atoms with E-state index in [4.69, 9.17) is 5.11 Å². The molecule has 0 radical (unpaired) electrons. The van der Waals surface area contributed by atoms with Gasteiger partial charge in [-0.1, -0.05) is 0 Å². The van der Waals surface area contributed by atoms with E-state index < -0.39 is 5.97 Å². The zero-order valence-corrected chi connectivity index (χ0v) is 9.91. The van der Waals surface area contributed by atoms with Crippen LogP contribution < -0.4 is 0 Å². The van der Waals surface area contributed by atoms with Crippen molar-refractivity contribution in [2.24, 2.45) is 0 Å². The number of nitrogens with zero attached hydrogens (tertiary/aromatic N) is 2. The first-order chi connectivity index (χ1) is 6.59. The molecule has 0 bridgehead atoms. The van der Waals surface area contributed by atoms with Gasteiger partial charge in [-0.2, -0.15) is 0 Å². The summed E-state index contributed by atoms with van der Waals surface area (Å²) in [5.74, 6) is -0.955. The molecular formula is C8H4Br2N2O2. The van der Waals surface area contributed by atoms with E-state index >= 15 is 0 Å². The lowest BCUT2D eigenvalue weighted by Gasteiger charge is -1.97. The number of imidazole rings is 1. The Kier molecular flexibility index (Phi) is 2.32. The molecule has 0 spiro atoms. The van der Waals surface area contributed by atoms with Crippen molar-refractivity contribution in [3.05, 3.63) is 33.2 Å². The monoisotopic (exact) mass is 318 g/mol. The van der Waals surface area contributed by atoms with E-state index in [1.165, 1.54) is 12.3 Å². The van der Waals surface area contributed by atoms with Crippen LogP contribution in [0, 0.1) is 0 Å². The zero-order valence-electron chi connectivity index (χ0n) is 6.74. The minimum absolute atomic E-state index is 0.225. The van der Waals surface area contributed by atoms with Crippen molar-refractivity contribution >= 4 is 43.3 Å². The van der Waals surface area contributed by atoms with Crippen LogP contribution in [0.25, 0.3) is 5.52 Å². The lowest BCUT2D eigenvalue weighted by molar-refractivity contribution is 0.0696. The number of carbonyl (C=O) groups is 1. The lowest BCUT2D eigenvalue weighted by atomic mass is 10.3. The SMILES string of the molecule is O=C(O)c1ccc2c(Br)nc(Br)n2c1. The molecule has 2 rings (SSSR count). The molecule has 0 unspecified atom stereocenters. The van der Waals surface area contributed by atoms with Crippen LogP contribution in [0.1, 0.15) is 10.4 Å². The van der Waals surface area contributed by atoms with Crippen LogP contribution in [-0.2, 0) is 0 Å². The first kappa shape index (κ1) is 9.67. The average Bonchev–Trinajstić information content (AvgIpc) is 2.42. The van der Waals surface area contributed by atoms with Crippen molar-refractivity contribution < 1.29 is 9.90 Å². The molecular weight excluding hydrogens is 316 g/mol. The predicted molar refractivity (Wildman–Crippen MR) is 57.6 cm³/mol. The minimum atomic E-state index is -0.955. The summed E-state index contributed by atoms with van der Waals surface area (Å²) in [6.45, 7) is 0. The summed E-state index contributed by atoms with van der Waals surface area (Å²) in [4.78, 5) is 14.8. The number of aromatic carboxylic acids is 1. The third kappa shape index (κ3) is 1.44. The van der Waals surface area contributed by atoms with E-state index in [-0.39, 0.29) is 5.56 Å². The van der Waals surface area contributed by atoms with Gasteiger partial charge in [-0.3, -0.25) is 4.40 Å². The highest BCUT2D eigenvalue weighted by Crippen LogP contribution is 2.22. The van der Waals surface area contributed by atoms with Gasteiger partial charge in [0.05, 0.1) is 11.1 Å². The lowest BCUT2D eigenvalue weighted by Crippen LogP contribution is -1.98. The van der Waals surface area contributed by atoms with Crippen LogP contribution in [0.15, 0.2) is 27.7 Å². The van der Waals surface area contributed by atoms with Crippen LogP contribution in [0.2, 0.25) is 0 Å². The predicted octanol–water partition coefficient (Wildman–Crippen LogP) is 2.56. The van der Waals surface area contributed by atoms with E-state index in [1.54, 1.807) is 10.5 Å². The number of fused-ring (bicyclic) bond motifs is 1. The summed E-state index contributed by atoms with van der Waals surface area (Å²) < 4.78 is 2.91. The largest absolute Gasteiger partial charge is 0.478 e. The van der Waals surface area contributed by atoms with Gasteiger partial charge in [-0.15, -0.1) is 0 Å². The van der Waals surface area contributed by atoms with Crippen LogP contribution in [-0.4, -0.2) is 20.5 Å². The molecule has 0 aromatic carbocycles. The van der Waals surface area contributed by atoms with Crippen molar-refractivity contribution in [2.75, 3.05) is 0 Å². The van der Waals surface area contributed by atoms with Crippen LogP contribution >= 0.6 is 31.9 Å². The molecule has 2 aromatic rings. The molecule has 2 aromatic heterocycles. The Balaban J connectivity index is 2.77. The van der Waals surface area contributed by atoms with Gasteiger partial charge in [-0.05, 0) is 44.0 Å². The highest BCUT2D eigenvalue weighted by atomic mass is 79.9. The molecule has 14 heavy (non-hydrogen) atoms. The van der Waals surface area contributed by atoms with Crippen LogP contribution in [0.3, 0.4) is 0 Å². The molecule has 0 saturated heterocycles. The van der Waals surface area contributed by atoms with E-state index in [0.29, 0.717) is 9.34 Å². The standard InChI is InChI=1S/C8H4Br2N2O2/c9-6-5-2-1-4(7(13)14)3-12(5)8(10)11-6/h1-3H,(H,13,14). The Hall–Kier alpha value is -0.880. The topological polar surface area (TPSA) is 54.6 Å². The van der Waals surface area contributed by atoms with Gasteiger partial charge in [0.2, 0.25) is 0 Å². The molecule has 2 heterocycles. The molecule has 0 saturated carbocycles. The van der Waals surface area contributed by atoms with Gasteiger partial charge in [0.25, 0.3) is 0 Å². The Morgan fingerprint density at radius 2 is 2.14 bits per heavy atom. The summed E-state index contributed by atoms with van der Waals surface area (Å²) in [5, 5.41) is 8.78. The van der Waals surface area contributed by atoms with Gasteiger partial charge in [0, 0.05) is 6.20 Å². The third-order valence-corrected chi connectivity index (χ3v) is 2.94. The van der Waals surface area contributed by atoms with Gasteiger partial charge in [0.1, 0.15) is 4.60 Å². The molecule has 0 fully saturated rings.